The number of aliphatic carboxylic acids is 1. The van der Waals surface area contributed by atoms with E-state index >= 15 is 0 Å². The number of carbonyl (C=O) groups is 2. The molecule has 0 aromatic rings. The van der Waals surface area contributed by atoms with E-state index in [2.05, 4.69) is 5.16 Å². The van der Waals surface area contributed by atoms with Gasteiger partial charge >= 0.3 is 5.97 Å². The van der Waals surface area contributed by atoms with Crippen molar-refractivity contribution in [1.82, 2.24) is 4.90 Å². The number of nitrogens with zero attached hydrogens (tertiary/aromatic N) is 2. The molecule has 1 rings (SSSR count). The molecule has 1 aliphatic rings. The molecule has 2 unspecified atom stereocenters. The van der Waals surface area contributed by atoms with Gasteiger partial charge in [-0.25, -0.2) is 4.79 Å². The lowest BCUT2D eigenvalue weighted by molar-refractivity contribution is -0.143. The molecule has 0 saturated carbocycles. The smallest absolute Gasteiger partial charge is 0.353 e. The number of oxime groups is 1. The van der Waals surface area contributed by atoms with Gasteiger partial charge in [0.2, 0.25) is 6.10 Å². The molecule has 0 aliphatic carbocycles. The van der Waals surface area contributed by atoms with Gasteiger partial charge in [-0.05, 0) is 12.8 Å². The first kappa shape index (κ1) is 13.5. The lowest BCUT2D eigenvalue weighted by Crippen LogP contribution is -2.44. The van der Waals surface area contributed by atoms with Crippen LogP contribution in [0.15, 0.2) is 5.16 Å². The summed E-state index contributed by atoms with van der Waals surface area (Å²) < 4.78 is 0. The van der Waals surface area contributed by atoms with Crippen molar-refractivity contribution in [2.45, 2.75) is 39.3 Å². The lowest BCUT2D eigenvalue weighted by Gasteiger charge is -2.29. The zero-order valence-corrected chi connectivity index (χ0v) is 10.5. The van der Waals surface area contributed by atoms with Gasteiger partial charge in [-0.1, -0.05) is 19.0 Å². The SMILES string of the molecule is CC(C)C(C)N(C)C(=O)C1CC(C(=O)O)=NO1. The van der Waals surface area contributed by atoms with Crippen molar-refractivity contribution in [3.8, 4) is 0 Å². The van der Waals surface area contributed by atoms with Crippen molar-refractivity contribution >= 4 is 17.6 Å². The van der Waals surface area contributed by atoms with Gasteiger partial charge in [0.15, 0.2) is 5.71 Å². The Labute approximate surface area is 100 Å². The van der Waals surface area contributed by atoms with E-state index in [0.717, 1.165) is 0 Å². The number of hydrogen-bond donors (Lipinski definition) is 1. The molecule has 0 spiro atoms. The summed E-state index contributed by atoms with van der Waals surface area (Å²) in [5, 5.41) is 12.1. The quantitative estimate of drug-likeness (QED) is 0.787. The molecule has 1 amide bonds. The van der Waals surface area contributed by atoms with E-state index in [9.17, 15) is 9.59 Å². The summed E-state index contributed by atoms with van der Waals surface area (Å²) in [5.41, 5.74) is -0.103. The van der Waals surface area contributed by atoms with Gasteiger partial charge in [0.1, 0.15) is 0 Å². The minimum absolute atomic E-state index is 0.0311. The van der Waals surface area contributed by atoms with E-state index in [-0.39, 0.29) is 24.1 Å². The van der Waals surface area contributed by atoms with Gasteiger partial charge in [0.05, 0.1) is 0 Å². The van der Waals surface area contributed by atoms with Crippen LogP contribution >= 0.6 is 0 Å². The molecular weight excluding hydrogens is 224 g/mol. The van der Waals surface area contributed by atoms with Crippen LogP contribution < -0.4 is 0 Å². The number of hydrogen-bond acceptors (Lipinski definition) is 4. The monoisotopic (exact) mass is 242 g/mol. The topological polar surface area (TPSA) is 79.2 Å². The third kappa shape index (κ3) is 2.95. The van der Waals surface area contributed by atoms with E-state index in [1.807, 2.05) is 20.8 Å². The summed E-state index contributed by atoms with van der Waals surface area (Å²) >= 11 is 0. The normalized spacial score (nSPS) is 20.8. The zero-order valence-electron chi connectivity index (χ0n) is 10.5. The van der Waals surface area contributed by atoms with Crippen LogP contribution in [0.4, 0.5) is 0 Å². The predicted octanol–water partition coefficient (Wildman–Crippen LogP) is 0.719. The summed E-state index contributed by atoms with van der Waals surface area (Å²) in [6.45, 7) is 5.97. The molecule has 1 N–H and O–H groups in total. The highest BCUT2D eigenvalue weighted by molar-refractivity contribution is 6.36. The molecule has 0 bridgehead atoms. The Balaban J connectivity index is 2.59. The standard InChI is InChI=1S/C11H18N2O4/c1-6(2)7(3)13(4)10(14)9-5-8(11(15)16)12-17-9/h6-7,9H,5H2,1-4H3,(H,15,16). The van der Waals surface area contributed by atoms with Crippen molar-refractivity contribution in [2.24, 2.45) is 11.1 Å². The fraction of sp³-hybridized carbons (Fsp3) is 0.727. The second kappa shape index (κ2) is 5.16. The van der Waals surface area contributed by atoms with Gasteiger partial charge in [-0.3, -0.25) is 4.79 Å². The average Bonchev–Trinajstić information content (AvgIpc) is 2.75. The van der Waals surface area contributed by atoms with E-state index in [1.54, 1.807) is 11.9 Å². The van der Waals surface area contributed by atoms with Crippen LogP contribution in [0.3, 0.4) is 0 Å². The maximum atomic E-state index is 12.0. The van der Waals surface area contributed by atoms with E-state index < -0.39 is 12.1 Å². The number of carbonyl (C=O) groups excluding carboxylic acids is 1. The molecule has 0 radical (unpaired) electrons. The van der Waals surface area contributed by atoms with E-state index in [0.29, 0.717) is 5.92 Å². The van der Waals surface area contributed by atoms with Gasteiger partial charge in [0.25, 0.3) is 5.91 Å². The minimum Gasteiger partial charge on any atom is -0.477 e. The van der Waals surface area contributed by atoms with Gasteiger partial charge in [-0.15, -0.1) is 0 Å². The molecule has 6 heteroatoms. The minimum atomic E-state index is -1.14. The maximum absolute atomic E-state index is 12.0. The molecule has 1 aliphatic heterocycles. The predicted molar refractivity (Wildman–Crippen MR) is 61.6 cm³/mol. The number of amides is 1. The van der Waals surface area contributed by atoms with Crippen LogP contribution in [0, 0.1) is 5.92 Å². The van der Waals surface area contributed by atoms with Crippen molar-refractivity contribution in [3.63, 3.8) is 0 Å². The molecule has 1 heterocycles. The van der Waals surface area contributed by atoms with Crippen molar-refractivity contribution in [2.75, 3.05) is 7.05 Å². The zero-order chi connectivity index (χ0) is 13.2. The van der Waals surface area contributed by atoms with E-state index in [1.165, 1.54) is 0 Å². The van der Waals surface area contributed by atoms with Crippen LogP contribution in [-0.2, 0) is 14.4 Å². The fourth-order valence-electron chi connectivity index (χ4n) is 1.51. The molecule has 0 aromatic carbocycles. The Bertz CT molecular complexity index is 351. The molecule has 0 saturated heterocycles. The first-order chi connectivity index (χ1) is 7.84. The average molecular weight is 242 g/mol. The number of likely N-dealkylation sites (N-methyl/N-ethyl adjacent to an activating group) is 1. The third-order valence-corrected chi connectivity index (χ3v) is 3.11. The van der Waals surface area contributed by atoms with Gasteiger partial charge < -0.3 is 14.8 Å². The van der Waals surface area contributed by atoms with Gasteiger partial charge in [-0.2, -0.15) is 0 Å². The Kier molecular flexibility index (Phi) is 4.09. The van der Waals surface area contributed by atoms with Gasteiger partial charge in [0, 0.05) is 19.5 Å². The molecule has 0 aromatic heterocycles. The molecular formula is C11H18N2O4. The van der Waals surface area contributed by atoms with Crippen LogP contribution in [0.25, 0.3) is 0 Å². The second-order valence-electron chi connectivity index (χ2n) is 4.58. The van der Waals surface area contributed by atoms with Crippen molar-refractivity contribution < 1.29 is 19.5 Å². The first-order valence-corrected chi connectivity index (χ1v) is 5.57. The summed E-state index contributed by atoms with van der Waals surface area (Å²) in [6.07, 6.45) is -0.768. The number of carboxylic acids is 1. The Hall–Kier alpha value is -1.59. The Morgan fingerprint density at radius 3 is 2.47 bits per heavy atom. The molecule has 17 heavy (non-hydrogen) atoms. The Morgan fingerprint density at radius 2 is 2.06 bits per heavy atom. The summed E-state index contributed by atoms with van der Waals surface area (Å²) in [6, 6.07) is 0.0694. The molecule has 2 atom stereocenters. The maximum Gasteiger partial charge on any atom is 0.353 e. The molecule has 96 valence electrons. The Morgan fingerprint density at radius 1 is 1.47 bits per heavy atom. The van der Waals surface area contributed by atoms with Crippen LogP contribution in [-0.4, -0.2) is 46.8 Å². The number of rotatable bonds is 4. The second-order valence-corrected chi connectivity index (χ2v) is 4.58. The van der Waals surface area contributed by atoms with Crippen LogP contribution in [0.1, 0.15) is 27.2 Å². The molecule has 6 nitrogen and oxygen atoms in total. The van der Waals surface area contributed by atoms with Crippen molar-refractivity contribution in [3.05, 3.63) is 0 Å². The fourth-order valence-corrected chi connectivity index (χ4v) is 1.51. The first-order valence-electron chi connectivity index (χ1n) is 5.57. The summed E-state index contributed by atoms with van der Waals surface area (Å²) in [5.74, 6) is -1.05. The largest absolute Gasteiger partial charge is 0.477 e. The highest BCUT2D eigenvalue weighted by atomic mass is 16.6. The van der Waals surface area contributed by atoms with Crippen molar-refractivity contribution in [1.29, 1.82) is 0 Å². The van der Waals surface area contributed by atoms with Crippen LogP contribution in [0.2, 0.25) is 0 Å². The third-order valence-electron chi connectivity index (χ3n) is 3.11. The highest BCUT2D eigenvalue weighted by Crippen LogP contribution is 2.16. The van der Waals surface area contributed by atoms with E-state index in [4.69, 9.17) is 9.94 Å². The van der Waals surface area contributed by atoms with Crippen LogP contribution in [0.5, 0.6) is 0 Å². The lowest BCUT2D eigenvalue weighted by atomic mass is 10.0. The summed E-state index contributed by atoms with van der Waals surface area (Å²) in [4.78, 5) is 29.1. The highest BCUT2D eigenvalue weighted by Gasteiger charge is 2.34. The summed E-state index contributed by atoms with van der Waals surface area (Å²) in [7, 11) is 1.69. The number of carboxylic acid groups (broad SMARTS) is 1. The molecule has 0 fully saturated rings.